The van der Waals surface area contributed by atoms with Gasteiger partial charge in [0.2, 0.25) is 0 Å². The summed E-state index contributed by atoms with van der Waals surface area (Å²) in [5.74, 6) is 1.46. The maximum atomic E-state index is 11.6. The molecule has 0 spiro atoms. The quantitative estimate of drug-likeness (QED) is 0.809. The Balaban J connectivity index is 2.45. The number of nitrogens with zero attached hydrogens (tertiary/aromatic N) is 4. The lowest BCUT2D eigenvalue weighted by Gasteiger charge is -2.28. The van der Waals surface area contributed by atoms with E-state index in [0.29, 0.717) is 24.1 Å². The summed E-state index contributed by atoms with van der Waals surface area (Å²) in [5, 5.41) is 6.43. The minimum atomic E-state index is -0.260. The summed E-state index contributed by atoms with van der Waals surface area (Å²) < 4.78 is 1.46. The average Bonchev–Trinajstić information content (AvgIpc) is 2.71. The van der Waals surface area contributed by atoms with Gasteiger partial charge in [0.05, 0.1) is 0 Å². The first kappa shape index (κ1) is 13.5. The van der Waals surface area contributed by atoms with E-state index in [4.69, 9.17) is 5.73 Å². The fraction of sp³-hybridized carbons (Fsp3) is 0.583. The lowest BCUT2D eigenvalue weighted by Crippen LogP contribution is -2.34. The van der Waals surface area contributed by atoms with E-state index in [1.54, 1.807) is 6.92 Å². The van der Waals surface area contributed by atoms with Gasteiger partial charge >= 0.3 is 5.69 Å². The molecule has 3 N–H and O–H groups in total. The van der Waals surface area contributed by atoms with Crippen LogP contribution in [0.1, 0.15) is 26.1 Å². The first-order valence-corrected chi connectivity index (χ1v) is 6.46. The molecular formula is C12H20N6O. The smallest absolute Gasteiger partial charge is 0.349 e. The first-order valence-electron chi connectivity index (χ1n) is 6.46. The molecule has 0 atom stereocenters. The second-order valence-electron chi connectivity index (χ2n) is 4.81. The van der Waals surface area contributed by atoms with Crippen molar-refractivity contribution in [2.24, 2.45) is 5.73 Å². The van der Waals surface area contributed by atoms with Crippen LogP contribution < -0.4 is 16.3 Å². The Labute approximate surface area is 111 Å². The topological polar surface area (TPSA) is 92.3 Å². The highest BCUT2D eigenvalue weighted by Crippen LogP contribution is 2.16. The number of anilines is 1. The molecule has 0 unspecified atom stereocenters. The summed E-state index contributed by atoms with van der Waals surface area (Å²) >= 11 is 0. The number of hydrogen-bond acceptors (Lipinski definition) is 5. The second-order valence-corrected chi connectivity index (χ2v) is 4.81. The van der Waals surface area contributed by atoms with Crippen LogP contribution in [0.5, 0.6) is 0 Å². The van der Waals surface area contributed by atoms with E-state index in [1.165, 1.54) is 4.40 Å². The van der Waals surface area contributed by atoms with Crippen LogP contribution in [0.2, 0.25) is 0 Å². The van der Waals surface area contributed by atoms with E-state index in [9.17, 15) is 4.79 Å². The Morgan fingerprint density at radius 3 is 2.89 bits per heavy atom. The Hall–Kier alpha value is -1.89. The SMILES string of the molecule is Cc1nc(N(CCCN)C(C)C)cc2n[nH]c(=O)n12. The average molecular weight is 264 g/mol. The van der Waals surface area contributed by atoms with Gasteiger partial charge in [-0.05, 0) is 33.7 Å². The molecule has 0 saturated carbocycles. The Kier molecular flexibility index (Phi) is 3.84. The van der Waals surface area contributed by atoms with E-state index >= 15 is 0 Å². The highest BCUT2D eigenvalue weighted by molar-refractivity contribution is 5.51. The van der Waals surface area contributed by atoms with Crippen LogP contribution in [0, 0.1) is 6.92 Å². The number of rotatable bonds is 5. The number of nitrogens with two attached hydrogens (primary N) is 1. The number of fused-ring (bicyclic) bond motifs is 1. The molecule has 0 saturated heterocycles. The van der Waals surface area contributed by atoms with E-state index in [2.05, 4.69) is 33.9 Å². The van der Waals surface area contributed by atoms with Gasteiger partial charge in [-0.2, -0.15) is 5.10 Å². The fourth-order valence-electron chi connectivity index (χ4n) is 2.13. The molecule has 0 aromatic carbocycles. The molecule has 7 heteroatoms. The van der Waals surface area contributed by atoms with Gasteiger partial charge in [0.1, 0.15) is 11.6 Å². The normalized spacial score (nSPS) is 11.4. The molecule has 19 heavy (non-hydrogen) atoms. The minimum Gasteiger partial charge on any atom is -0.354 e. The minimum absolute atomic E-state index is 0.260. The Morgan fingerprint density at radius 2 is 2.26 bits per heavy atom. The highest BCUT2D eigenvalue weighted by atomic mass is 16.1. The molecule has 0 fully saturated rings. The monoisotopic (exact) mass is 264 g/mol. The summed E-state index contributed by atoms with van der Waals surface area (Å²) in [6.45, 7) is 7.50. The van der Waals surface area contributed by atoms with Gasteiger partial charge in [-0.25, -0.2) is 19.3 Å². The third-order valence-corrected chi connectivity index (χ3v) is 3.08. The van der Waals surface area contributed by atoms with Gasteiger partial charge in [0.15, 0.2) is 5.65 Å². The summed E-state index contributed by atoms with van der Waals surface area (Å²) in [6, 6.07) is 2.13. The molecule has 2 rings (SSSR count). The van der Waals surface area contributed by atoms with Crippen LogP contribution >= 0.6 is 0 Å². The first-order chi connectivity index (χ1) is 9.04. The lowest BCUT2D eigenvalue weighted by atomic mass is 10.2. The van der Waals surface area contributed by atoms with E-state index in [1.807, 2.05) is 6.07 Å². The number of hydrogen-bond donors (Lipinski definition) is 2. The van der Waals surface area contributed by atoms with Gasteiger partial charge in [0.25, 0.3) is 0 Å². The van der Waals surface area contributed by atoms with Crippen molar-refractivity contribution in [2.75, 3.05) is 18.0 Å². The third-order valence-electron chi connectivity index (χ3n) is 3.08. The molecule has 0 aliphatic carbocycles. The molecule has 0 amide bonds. The molecule has 2 aromatic heterocycles. The number of H-pyrrole nitrogens is 1. The molecule has 104 valence electrons. The number of nitrogens with one attached hydrogen (secondary N) is 1. The molecule has 7 nitrogen and oxygen atoms in total. The molecule has 0 bridgehead atoms. The van der Waals surface area contributed by atoms with Crippen LogP contribution in [0.15, 0.2) is 10.9 Å². The Morgan fingerprint density at radius 1 is 1.53 bits per heavy atom. The van der Waals surface area contributed by atoms with E-state index < -0.39 is 0 Å². The fourth-order valence-corrected chi connectivity index (χ4v) is 2.13. The van der Waals surface area contributed by atoms with Crippen molar-refractivity contribution in [2.45, 2.75) is 33.2 Å². The van der Waals surface area contributed by atoms with Gasteiger partial charge in [-0.3, -0.25) is 0 Å². The third kappa shape index (κ3) is 2.60. The standard InChI is InChI=1S/C12H20N6O/c1-8(2)17(6-4-5-13)10-7-11-15-16-12(19)18(11)9(3)14-10/h7-8H,4-6,13H2,1-3H3,(H,16,19). The van der Waals surface area contributed by atoms with E-state index in [-0.39, 0.29) is 5.69 Å². The van der Waals surface area contributed by atoms with Crippen LogP contribution in [-0.4, -0.2) is 38.7 Å². The van der Waals surface area contributed by atoms with Crippen molar-refractivity contribution in [3.8, 4) is 0 Å². The van der Waals surface area contributed by atoms with Crippen LogP contribution in [0.25, 0.3) is 5.65 Å². The molecule has 0 aliphatic heterocycles. The largest absolute Gasteiger partial charge is 0.354 e. The molecule has 2 aromatic rings. The summed E-state index contributed by atoms with van der Waals surface area (Å²) in [5.41, 5.74) is 5.90. The van der Waals surface area contributed by atoms with Gasteiger partial charge in [-0.15, -0.1) is 0 Å². The number of aryl methyl sites for hydroxylation is 1. The molecular weight excluding hydrogens is 244 g/mol. The van der Waals surface area contributed by atoms with Crippen LogP contribution in [-0.2, 0) is 0 Å². The van der Waals surface area contributed by atoms with Crippen LogP contribution in [0.4, 0.5) is 5.82 Å². The predicted octanol–water partition coefficient (Wildman–Crippen LogP) is 0.290. The van der Waals surface area contributed by atoms with Gasteiger partial charge < -0.3 is 10.6 Å². The molecule has 0 radical (unpaired) electrons. The lowest BCUT2D eigenvalue weighted by molar-refractivity contribution is 0.646. The van der Waals surface area contributed by atoms with Crippen molar-refractivity contribution in [1.29, 1.82) is 0 Å². The predicted molar refractivity (Wildman–Crippen MR) is 74.5 cm³/mol. The molecule has 2 heterocycles. The number of aromatic nitrogens is 4. The summed E-state index contributed by atoms with van der Waals surface area (Å²) in [7, 11) is 0. The van der Waals surface area contributed by atoms with Gasteiger partial charge in [-0.1, -0.05) is 0 Å². The van der Waals surface area contributed by atoms with Crippen molar-refractivity contribution >= 4 is 11.5 Å². The number of aromatic amines is 1. The summed E-state index contributed by atoms with van der Waals surface area (Å²) in [6.07, 6.45) is 0.900. The van der Waals surface area contributed by atoms with Gasteiger partial charge in [0, 0.05) is 18.7 Å². The zero-order chi connectivity index (χ0) is 14.0. The highest BCUT2D eigenvalue weighted by Gasteiger charge is 2.14. The summed E-state index contributed by atoms with van der Waals surface area (Å²) in [4.78, 5) is 18.2. The Bertz CT molecular complexity index is 614. The van der Waals surface area contributed by atoms with Crippen molar-refractivity contribution in [3.05, 3.63) is 22.4 Å². The van der Waals surface area contributed by atoms with Crippen LogP contribution in [0.3, 0.4) is 0 Å². The molecule has 0 aliphatic rings. The second kappa shape index (κ2) is 5.40. The van der Waals surface area contributed by atoms with E-state index in [0.717, 1.165) is 18.8 Å². The maximum absolute atomic E-state index is 11.6. The van der Waals surface area contributed by atoms with Crippen molar-refractivity contribution in [1.82, 2.24) is 19.6 Å². The van der Waals surface area contributed by atoms with Crippen molar-refractivity contribution < 1.29 is 0 Å². The van der Waals surface area contributed by atoms with Crippen molar-refractivity contribution in [3.63, 3.8) is 0 Å². The maximum Gasteiger partial charge on any atom is 0.349 e. The zero-order valence-electron chi connectivity index (χ0n) is 11.6. The zero-order valence-corrected chi connectivity index (χ0v) is 11.6.